The highest BCUT2D eigenvalue weighted by molar-refractivity contribution is 5.19. The van der Waals surface area contributed by atoms with Crippen molar-refractivity contribution in [2.75, 3.05) is 19.8 Å². The predicted octanol–water partition coefficient (Wildman–Crippen LogP) is 1.75. The molecule has 0 radical (unpaired) electrons. The van der Waals surface area contributed by atoms with Gasteiger partial charge in [-0.15, -0.1) is 0 Å². The largest absolute Gasteiger partial charge is 0.489 e. The Morgan fingerprint density at radius 3 is 3.12 bits per heavy atom. The summed E-state index contributed by atoms with van der Waals surface area (Å²) in [7, 11) is 0. The molecule has 1 aliphatic heterocycles. The molecular weight excluding hydrogens is 216 g/mol. The van der Waals surface area contributed by atoms with Gasteiger partial charge in [-0.1, -0.05) is 6.92 Å². The number of rotatable bonds is 6. The van der Waals surface area contributed by atoms with E-state index in [-0.39, 0.29) is 6.10 Å². The van der Waals surface area contributed by atoms with Gasteiger partial charge in [0.25, 0.3) is 0 Å². The van der Waals surface area contributed by atoms with E-state index >= 15 is 0 Å². The van der Waals surface area contributed by atoms with E-state index < -0.39 is 0 Å². The molecule has 0 saturated carbocycles. The Bertz CT molecular complexity index is 321. The van der Waals surface area contributed by atoms with Crippen molar-refractivity contribution in [2.24, 2.45) is 0 Å². The summed E-state index contributed by atoms with van der Waals surface area (Å²) in [5, 5.41) is 3.24. The topological polar surface area (TPSA) is 43.4 Å². The van der Waals surface area contributed by atoms with Crippen molar-refractivity contribution >= 4 is 0 Å². The summed E-state index contributed by atoms with van der Waals surface area (Å²) < 4.78 is 11.1. The lowest BCUT2D eigenvalue weighted by Gasteiger charge is -2.11. The molecule has 1 atom stereocenters. The van der Waals surface area contributed by atoms with Crippen LogP contribution >= 0.6 is 0 Å². The SMILES string of the molecule is CCNCc1ccc(OCC2CCCO2)cn1. The van der Waals surface area contributed by atoms with Gasteiger partial charge in [0.2, 0.25) is 0 Å². The summed E-state index contributed by atoms with van der Waals surface area (Å²) in [5.74, 6) is 0.820. The van der Waals surface area contributed by atoms with Crippen LogP contribution in [-0.4, -0.2) is 30.8 Å². The summed E-state index contributed by atoms with van der Waals surface area (Å²) in [4.78, 5) is 4.33. The quantitative estimate of drug-likeness (QED) is 0.817. The first-order valence-electron chi connectivity index (χ1n) is 6.28. The van der Waals surface area contributed by atoms with Gasteiger partial charge in [-0.2, -0.15) is 0 Å². The van der Waals surface area contributed by atoms with Gasteiger partial charge in [0.05, 0.1) is 18.0 Å². The van der Waals surface area contributed by atoms with E-state index in [0.29, 0.717) is 6.61 Å². The van der Waals surface area contributed by atoms with Gasteiger partial charge in [-0.05, 0) is 31.5 Å². The second-order valence-corrected chi connectivity index (χ2v) is 4.21. The lowest BCUT2D eigenvalue weighted by molar-refractivity contribution is 0.0678. The normalized spacial score (nSPS) is 19.5. The van der Waals surface area contributed by atoms with Crippen molar-refractivity contribution in [1.82, 2.24) is 10.3 Å². The van der Waals surface area contributed by atoms with Gasteiger partial charge in [0.1, 0.15) is 12.4 Å². The number of nitrogens with zero attached hydrogens (tertiary/aromatic N) is 1. The Kier molecular flexibility index (Phi) is 4.76. The van der Waals surface area contributed by atoms with E-state index in [1.807, 2.05) is 12.1 Å². The second kappa shape index (κ2) is 6.57. The fourth-order valence-corrected chi connectivity index (χ4v) is 1.82. The molecule has 0 amide bonds. The maximum absolute atomic E-state index is 5.64. The highest BCUT2D eigenvalue weighted by Crippen LogP contribution is 2.15. The fourth-order valence-electron chi connectivity index (χ4n) is 1.82. The number of ether oxygens (including phenoxy) is 2. The molecule has 1 aliphatic rings. The minimum absolute atomic E-state index is 0.261. The molecule has 1 fully saturated rings. The average molecular weight is 236 g/mol. The number of aromatic nitrogens is 1. The van der Waals surface area contributed by atoms with E-state index in [9.17, 15) is 0 Å². The summed E-state index contributed by atoms with van der Waals surface area (Å²) >= 11 is 0. The lowest BCUT2D eigenvalue weighted by Crippen LogP contribution is -2.16. The zero-order valence-electron chi connectivity index (χ0n) is 10.3. The Balaban J connectivity index is 1.76. The van der Waals surface area contributed by atoms with Crippen molar-refractivity contribution in [3.63, 3.8) is 0 Å². The van der Waals surface area contributed by atoms with Crippen molar-refractivity contribution in [3.05, 3.63) is 24.0 Å². The van der Waals surface area contributed by atoms with Crippen molar-refractivity contribution < 1.29 is 9.47 Å². The van der Waals surface area contributed by atoms with Crippen molar-refractivity contribution in [1.29, 1.82) is 0 Å². The van der Waals surface area contributed by atoms with E-state index in [1.165, 1.54) is 0 Å². The minimum atomic E-state index is 0.261. The summed E-state index contributed by atoms with van der Waals surface area (Å²) in [6.07, 6.45) is 4.29. The molecule has 1 aromatic rings. The van der Waals surface area contributed by atoms with Crippen LogP contribution in [0.25, 0.3) is 0 Å². The maximum Gasteiger partial charge on any atom is 0.137 e. The van der Waals surface area contributed by atoms with Crippen LogP contribution in [0, 0.1) is 0 Å². The van der Waals surface area contributed by atoms with Crippen LogP contribution in [-0.2, 0) is 11.3 Å². The monoisotopic (exact) mass is 236 g/mol. The molecular formula is C13H20N2O2. The molecule has 94 valence electrons. The summed E-state index contributed by atoms with van der Waals surface area (Å²) in [6.45, 7) is 5.35. The van der Waals surface area contributed by atoms with Crippen LogP contribution in [0.2, 0.25) is 0 Å². The van der Waals surface area contributed by atoms with Crippen LogP contribution in [0.4, 0.5) is 0 Å². The first-order chi connectivity index (χ1) is 8.38. The van der Waals surface area contributed by atoms with E-state index in [4.69, 9.17) is 9.47 Å². The van der Waals surface area contributed by atoms with Crippen LogP contribution < -0.4 is 10.1 Å². The Morgan fingerprint density at radius 2 is 2.47 bits per heavy atom. The molecule has 17 heavy (non-hydrogen) atoms. The zero-order valence-corrected chi connectivity index (χ0v) is 10.3. The molecule has 1 unspecified atom stereocenters. The van der Waals surface area contributed by atoms with Gasteiger partial charge in [0.15, 0.2) is 0 Å². The zero-order chi connectivity index (χ0) is 11.9. The van der Waals surface area contributed by atoms with Crippen LogP contribution in [0.5, 0.6) is 5.75 Å². The number of nitrogens with one attached hydrogen (secondary N) is 1. The van der Waals surface area contributed by atoms with Gasteiger partial charge in [-0.25, -0.2) is 0 Å². The van der Waals surface area contributed by atoms with Gasteiger partial charge in [-0.3, -0.25) is 4.98 Å². The molecule has 0 aliphatic carbocycles. The van der Waals surface area contributed by atoms with Crippen LogP contribution in [0.3, 0.4) is 0 Å². The third-order valence-electron chi connectivity index (χ3n) is 2.81. The van der Waals surface area contributed by atoms with E-state index in [2.05, 4.69) is 17.2 Å². The minimum Gasteiger partial charge on any atom is -0.489 e. The summed E-state index contributed by atoms with van der Waals surface area (Å²) in [5.41, 5.74) is 1.04. The van der Waals surface area contributed by atoms with Gasteiger partial charge in [0, 0.05) is 13.2 Å². The molecule has 1 N–H and O–H groups in total. The Hall–Kier alpha value is -1.13. The molecule has 0 bridgehead atoms. The molecule has 1 saturated heterocycles. The van der Waals surface area contributed by atoms with Crippen LogP contribution in [0.1, 0.15) is 25.5 Å². The smallest absolute Gasteiger partial charge is 0.137 e. The highest BCUT2D eigenvalue weighted by atomic mass is 16.5. The molecule has 2 heterocycles. The molecule has 4 nitrogen and oxygen atoms in total. The average Bonchev–Trinajstić information content (AvgIpc) is 2.88. The van der Waals surface area contributed by atoms with Gasteiger partial charge >= 0.3 is 0 Å². The molecule has 0 spiro atoms. The molecule has 2 rings (SSSR count). The first-order valence-corrected chi connectivity index (χ1v) is 6.28. The third kappa shape index (κ3) is 3.98. The summed E-state index contributed by atoms with van der Waals surface area (Å²) in [6, 6.07) is 3.96. The molecule has 4 heteroatoms. The maximum atomic E-state index is 5.64. The lowest BCUT2D eigenvalue weighted by atomic mass is 10.2. The predicted molar refractivity (Wildman–Crippen MR) is 66.1 cm³/mol. The molecule has 0 aromatic carbocycles. The Morgan fingerprint density at radius 1 is 1.53 bits per heavy atom. The molecule has 1 aromatic heterocycles. The second-order valence-electron chi connectivity index (χ2n) is 4.21. The van der Waals surface area contributed by atoms with Gasteiger partial charge < -0.3 is 14.8 Å². The standard InChI is InChI=1S/C13H20N2O2/c1-2-14-8-11-5-6-12(9-15-11)17-10-13-4-3-7-16-13/h5-6,9,13-14H,2-4,7-8,10H2,1H3. The Labute approximate surface area is 102 Å². The fraction of sp³-hybridized carbons (Fsp3) is 0.615. The van der Waals surface area contributed by atoms with Crippen LogP contribution in [0.15, 0.2) is 18.3 Å². The first kappa shape index (κ1) is 12.3. The van der Waals surface area contributed by atoms with Crippen molar-refractivity contribution in [2.45, 2.75) is 32.4 Å². The van der Waals surface area contributed by atoms with E-state index in [1.54, 1.807) is 6.20 Å². The highest BCUT2D eigenvalue weighted by Gasteiger charge is 2.15. The number of pyridine rings is 1. The number of hydrogen-bond acceptors (Lipinski definition) is 4. The number of hydrogen-bond donors (Lipinski definition) is 1. The van der Waals surface area contributed by atoms with Crippen molar-refractivity contribution in [3.8, 4) is 5.75 Å². The van der Waals surface area contributed by atoms with E-state index in [0.717, 1.165) is 44.0 Å². The third-order valence-corrected chi connectivity index (χ3v) is 2.81.